The minimum absolute atomic E-state index is 0.0927. The van der Waals surface area contributed by atoms with Crippen molar-refractivity contribution in [3.8, 4) is 0 Å². The van der Waals surface area contributed by atoms with Crippen LogP contribution in [0.5, 0.6) is 0 Å². The molecule has 0 bridgehead atoms. The van der Waals surface area contributed by atoms with Crippen molar-refractivity contribution in [1.82, 2.24) is 5.32 Å². The molecule has 4 nitrogen and oxygen atoms in total. The molecule has 9 heteroatoms. The Morgan fingerprint density at radius 2 is 1.85 bits per heavy atom. The van der Waals surface area contributed by atoms with Gasteiger partial charge < -0.3 is 10.4 Å². The van der Waals surface area contributed by atoms with Crippen LogP contribution < -0.4 is 5.32 Å². The van der Waals surface area contributed by atoms with E-state index in [9.17, 15) is 27.2 Å². The third-order valence-electron chi connectivity index (χ3n) is 2.55. The average Bonchev–Trinajstić information content (AvgIpc) is 2.26. The second-order valence-corrected chi connectivity index (χ2v) is 4.83. The summed E-state index contributed by atoms with van der Waals surface area (Å²) in [5.74, 6) is -4.87. The molecule has 1 aromatic rings. The number of carbonyl (C=O) groups is 2. The molecule has 1 aromatic carbocycles. The quantitative estimate of drug-likeness (QED) is 0.817. The van der Waals surface area contributed by atoms with E-state index in [4.69, 9.17) is 5.11 Å². The first kappa shape index (κ1) is 16.4. The van der Waals surface area contributed by atoms with E-state index in [1.807, 2.05) is 0 Å². The fraction of sp³-hybridized carbons (Fsp3) is 0.273. The lowest BCUT2D eigenvalue weighted by atomic mass is 10.0. The Labute approximate surface area is 118 Å². The Balaban J connectivity index is 3.20. The molecule has 0 saturated heterocycles. The van der Waals surface area contributed by atoms with Gasteiger partial charge in [0.1, 0.15) is 5.82 Å². The van der Waals surface area contributed by atoms with E-state index >= 15 is 0 Å². The van der Waals surface area contributed by atoms with Crippen molar-refractivity contribution in [2.45, 2.75) is 18.6 Å². The van der Waals surface area contributed by atoms with Crippen molar-refractivity contribution in [2.75, 3.05) is 0 Å². The van der Waals surface area contributed by atoms with Crippen LogP contribution in [0.3, 0.4) is 0 Å². The molecule has 0 heterocycles. The third kappa shape index (κ3) is 2.92. The lowest BCUT2D eigenvalue weighted by Crippen LogP contribution is -2.62. The molecule has 0 fully saturated rings. The van der Waals surface area contributed by atoms with E-state index in [1.165, 1.54) is 17.4 Å². The normalized spacial score (nSPS) is 14.5. The number of amides is 1. The number of carbonyl (C=O) groups excluding carboxylic acids is 1. The molecule has 20 heavy (non-hydrogen) atoms. The summed E-state index contributed by atoms with van der Waals surface area (Å²) in [6, 6.07) is 3.34. The molecule has 0 aliphatic heterocycles. The maximum absolute atomic E-state index is 13.5. The minimum Gasteiger partial charge on any atom is -0.479 e. The molecule has 0 aliphatic rings. The zero-order valence-corrected chi connectivity index (χ0v) is 11.5. The molecule has 110 valence electrons. The topological polar surface area (TPSA) is 66.4 Å². The van der Waals surface area contributed by atoms with E-state index in [2.05, 4.69) is 15.9 Å². The monoisotopic (exact) mass is 357 g/mol. The number of hydrogen-bond donors (Lipinski definition) is 2. The van der Waals surface area contributed by atoms with Gasteiger partial charge in [-0.05, 0) is 35.0 Å². The molecule has 2 N–H and O–H groups in total. The predicted molar refractivity (Wildman–Crippen MR) is 63.7 cm³/mol. The molecule has 1 rings (SSSR count). The number of halogens is 5. The largest absolute Gasteiger partial charge is 0.479 e. The van der Waals surface area contributed by atoms with Gasteiger partial charge in [-0.25, -0.2) is 9.18 Å². The van der Waals surface area contributed by atoms with Crippen molar-refractivity contribution in [2.24, 2.45) is 0 Å². The van der Waals surface area contributed by atoms with Crippen LogP contribution in [0.1, 0.15) is 17.3 Å². The Hall–Kier alpha value is -1.64. The van der Waals surface area contributed by atoms with Crippen LogP contribution in [-0.4, -0.2) is 28.7 Å². The third-order valence-corrected chi connectivity index (χ3v) is 3.21. The highest BCUT2D eigenvalue weighted by atomic mass is 79.9. The highest BCUT2D eigenvalue weighted by Crippen LogP contribution is 2.31. The molecule has 0 aliphatic carbocycles. The highest BCUT2D eigenvalue weighted by molar-refractivity contribution is 9.10. The highest BCUT2D eigenvalue weighted by Gasteiger charge is 2.58. The van der Waals surface area contributed by atoms with Gasteiger partial charge in [0.25, 0.3) is 5.91 Å². The number of benzene rings is 1. The zero-order valence-electron chi connectivity index (χ0n) is 9.89. The molecule has 0 radical (unpaired) electrons. The SMILES string of the molecule is CC(NC(=O)c1c(F)cccc1Br)(C(=O)O)C(F)(F)F. The summed E-state index contributed by atoms with van der Waals surface area (Å²) in [5, 5.41) is 9.96. The van der Waals surface area contributed by atoms with Crippen LogP contribution >= 0.6 is 15.9 Å². The summed E-state index contributed by atoms with van der Waals surface area (Å²) < 4.78 is 51.6. The number of nitrogens with one attached hydrogen (secondary N) is 1. The number of carboxylic acids is 1. The summed E-state index contributed by atoms with van der Waals surface area (Å²) >= 11 is 2.81. The number of hydrogen-bond acceptors (Lipinski definition) is 2. The predicted octanol–water partition coefficient (Wildman–Crippen LogP) is 2.72. The van der Waals surface area contributed by atoms with Gasteiger partial charge in [-0.1, -0.05) is 6.07 Å². The first-order valence-electron chi connectivity index (χ1n) is 5.07. The molecule has 0 aromatic heterocycles. The standard InChI is InChI=1S/C11H8BrF4NO3/c1-10(9(19)20,11(14,15)16)17-8(18)7-5(12)3-2-4-6(7)13/h2-4H,1H3,(H,17,18)(H,19,20). The van der Waals surface area contributed by atoms with Crippen LogP contribution in [-0.2, 0) is 4.79 Å². The van der Waals surface area contributed by atoms with Gasteiger partial charge in [0.15, 0.2) is 0 Å². The minimum atomic E-state index is -5.24. The van der Waals surface area contributed by atoms with Crippen molar-refractivity contribution in [3.05, 3.63) is 34.1 Å². The van der Waals surface area contributed by atoms with Gasteiger partial charge in [-0.2, -0.15) is 13.2 Å². The second kappa shape index (κ2) is 5.39. The van der Waals surface area contributed by atoms with E-state index in [1.54, 1.807) is 0 Å². The molecule has 1 amide bonds. The van der Waals surface area contributed by atoms with Crippen LogP contribution in [0.2, 0.25) is 0 Å². The summed E-state index contributed by atoms with van der Waals surface area (Å²) in [6.45, 7) is 0.280. The Kier molecular flexibility index (Phi) is 4.42. The van der Waals surface area contributed by atoms with Gasteiger partial charge >= 0.3 is 12.1 Å². The molecule has 1 atom stereocenters. The van der Waals surface area contributed by atoms with E-state index in [0.717, 1.165) is 6.07 Å². The van der Waals surface area contributed by atoms with Gasteiger partial charge in [0.05, 0.1) is 5.56 Å². The smallest absolute Gasteiger partial charge is 0.422 e. The van der Waals surface area contributed by atoms with Crippen LogP contribution in [0.25, 0.3) is 0 Å². The van der Waals surface area contributed by atoms with Crippen LogP contribution in [0.15, 0.2) is 22.7 Å². The summed E-state index contributed by atoms with van der Waals surface area (Å²) in [4.78, 5) is 22.5. The Bertz CT molecular complexity index is 541. The molecular formula is C11H8BrF4NO3. The zero-order chi connectivity index (χ0) is 15.7. The summed E-state index contributed by atoms with van der Waals surface area (Å²) in [7, 11) is 0. The fourth-order valence-corrected chi connectivity index (χ4v) is 1.77. The van der Waals surface area contributed by atoms with Gasteiger partial charge in [-0.15, -0.1) is 0 Å². The Morgan fingerprint density at radius 1 is 1.30 bits per heavy atom. The molecular weight excluding hydrogens is 350 g/mol. The van der Waals surface area contributed by atoms with E-state index in [-0.39, 0.29) is 11.4 Å². The van der Waals surface area contributed by atoms with E-state index < -0.39 is 35.0 Å². The van der Waals surface area contributed by atoms with Crippen molar-refractivity contribution < 1.29 is 32.3 Å². The van der Waals surface area contributed by atoms with Crippen molar-refractivity contribution >= 4 is 27.8 Å². The average molecular weight is 358 g/mol. The van der Waals surface area contributed by atoms with E-state index in [0.29, 0.717) is 0 Å². The number of aliphatic carboxylic acids is 1. The second-order valence-electron chi connectivity index (χ2n) is 3.98. The lowest BCUT2D eigenvalue weighted by Gasteiger charge is -2.28. The summed E-state index contributed by atoms with van der Waals surface area (Å²) in [5.41, 5.74) is -4.23. The maximum Gasteiger partial charge on any atom is 0.422 e. The summed E-state index contributed by atoms with van der Waals surface area (Å²) in [6.07, 6.45) is -5.24. The number of alkyl halides is 3. The first-order valence-corrected chi connectivity index (χ1v) is 5.86. The molecule has 1 unspecified atom stereocenters. The Morgan fingerprint density at radius 3 is 2.25 bits per heavy atom. The molecule has 0 spiro atoms. The molecule has 0 saturated carbocycles. The van der Waals surface area contributed by atoms with Crippen LogP contribution in [0.4, 0.5) is 17.6 Å². The van der Waals surface area contributed by atoms with Gasteiger partial charge in [0, 0.05) is 4.47 Å². The number of carboxylic acid groups (broad SMARTS) is 1. The van der Waals surface area contributed by atoms with Gasteiger partial charge in [-0.3, -0.25) is 4.79 Å². The van der Waals surface area contributed by atoms with Gasteiger partial charge in [0.2, 0.25) is 5.54 Å². The van der Waals surface area contributed by atoms with Crippen molar-refractivity contribution in [1.29, 1.82) is 0 Å². The maximum atomic E-state index is 13.5. The lowest BCUT2D eigenvalue weighted by molar-refractivity contribution is -0.203. The fourth-order valence-electron chi connectivity index (χ4n) is 1.25. The number of rotatable bonds is 3. The van der Waals surface area contributed by atoms with Crippen molar-refractivity contribution in [3.63, 3.8) is 0 Å². The van der Waals surface area contributed by atoms with Crippen LogP contribution in [0, 0.1) is 5.82 Å². The first-order chi connectivity index (χ1) is 9.00.